The van der Waals surface area contributed by atoms with Gasteiger partial charge in [0.15, 0.2) is 0 Å². The lowest BCUT2D eigenvalue weighted by Gasteiger charge is -2.17. The fraction of sp³-hybridized carbons (Fsp3) is 0.571. The summed E-state index contributed by atoms with van der Waals surface area (Å²) >= 11 is 0. The molecule has 2 aromatic heterocycles. The van der Waals surface area contributed by atoms with Crippen molar-refractivity contribution in [3.8, 4) is 0 Å². The summed E-state index contributed by atoms with van der Waals surface area (Å²) in [6.07, 6.45) is 5.77. The monoisotopic (exact) mass is 276 g/mol. The van der Waals surface area contributed by atoms with Crippen LogP contribution in [0.2, 0.25) is 0 Å². The Morgan fingerprint density at radius 3 is 2.75 bits per heavy atom. The first-order chi connectivity index (χ1) is 9.71. The minimum atomic E-state index is 0.739. The third-order valence-corrected chi connectivity index (χ3v) is 3.41. The molecule has 0 atom stereocenters. The Kier molecular flexibility index (Phi) is 5.17. The van der Waals surface area contributed by atoms with Gasteiger partial charge in [-0.3, -0.25) is 4.68 Å². The first-order valence-electron chi connectivity index (χ1n) is 7.20. The Labute approximate surface area is 120 Å². The van der Waals surface area contributed by atoms with Gasteiger partial charge < -0.3 is 15.2 Å². The van der Waals surface area contributed by atoms with Crippen LogP contribution in [0.5, 0.6) is 0 Å². The number of aromatic amines is 1. The van der Waals surface area contributed by atoms with Crippen molar-refractivity contribution in [1.82, 2.24) is 24.6 Å². The van der Waals surface area contributed by atoms with E-state index < -0.39 is 0 Å². The topological polar surface area (TPSA) is 61.8 Å². The summed E-state index contributed by atoms with van der Waals surface area (Å²) in [6, 6.07) is 0. The molecule has 0 aliphatic heterocycles. The summed E-state index contributed by atoms with van der Waals surface area (Å²) in [5.41, 5.74) is 2.12. The van der Waals surface area contributed by atoms with Crippen LogP contribution >= 0.6 is 0 Å². The van der Waals surface area contributed by atoms with Crippen molar-refractivity contribution in [2.45, 2.75) is 33.9 Å². The number of likely N-dealkylation sites (N-methyl/N-ethyl adjacent to an activating group) is 1. The van der Waals surface area contributed by atoms with Crippen LogP contribution in [0.3, 0.4) is 0 Å². The second-order valence-electron chi connectivity index (χ2n) is 4.87. The fourth-order valence-electron chi connectivity index (χ4n) is 2.12. The molecule has 2 N–H and O–H groups in total. The summed E-state index contributed by atoms with van der Waals surface area (Å²) in [7, 11) is 0. The van der Waals surface area contributed by atoms with Gasteiger partial charge in [0.2, 0.25) is 0 Å². The Balaban J connectivity index is 1.80. The molecule has 6 heteroatoms. The molecule has 110 valence electrons. The average Bonchev–Trinajstić information content (AvgIpc) is 3.07. The minimum absolute atomic E-state index is 0.739. The zero-order chi connectivity index (χ0) is 14.4. The SMILES string of the molecule is CCN(CC)CCn1cc(NCc2cnc(C)[nH]2)cn1. The number of anilines is 1. The molecule has 0 spiro atoms. The Morgan fingerprint density at radius 2 is 2.10 bits per heavy atom. The summed E-state index contributed by atoms with van der Waals surface area (Å²) in [5, 5.41) is 7.72. The molecule has 6 nitrogen and oxygen atoms in total. The van der Waals surface area contributed by atoms with Crippen LogP contribution in [0.1, 0.15) is 25.4 Å². The summed E-state index contributed by atoms with van der Waals surface area (Å²) < 4.78 is 1.98. The molecule has 0 bridgehead atoms. The number of hydrogen-bond acceptors (Lipinski definition) is 4. The number of hydrogen-bond donors (Lipinski definition) is 2. The second kappa shape index (κ2) is 7.09. The molecule has 0 unspecified atom stereocenters. The van der Waals surface area contributed by atoms with Crippen LogP contribution in [-0.4, -0.2) is 44.3 Å². The third-order valence-electron chi connectivity index (χ3n) is 3.41. The molecule has 0 radical (unpaired) electrons. The highest BCUT2D eigenvalue weighted by molar-refractivity contribution is 5.38. The van der Waals surface area contributed by atoms with Crippen LogP contribution in [0.4, 0.5) is 5.69 Å². The molecular formula is C14H24N6. The van der Waals surface area contributed by atoms with Crippen molar-refractivity contribution in [2.75, 3.05) is 25.0 Å². The Bertz CT molecular complexity index is 511. The zero-order valence-corrected chi connectivity index (χ0v) is 12.6. The van der Waals surface area contributed by atoms with E-state index in [1.54, 1.807) is 0 Å². The van der Waals surface area contributed by atoms with Crippen LogP contribution in [0.25, 0.3) is 0 Å². The van der Waals surface area contributed by atoms with E-state index in [0.29, 0.717) is 0 Å². The van der Waals surface area contributed by atoms with E-state index in [1.165, 1.54) is 0 Å². The molecule has 0 saturated carbocycles. The average molecular weight is 276 g/mol. The van der Waals surface area contributed by atoms with Gasteiger partial charge in [-0.1, -0.05) is 13.8 Å². The van der Waals surface area contributed by atoms with E-state index in [0.717, 1.165) is 49.9 Å². The predicted octanol–water partition coefficient (Wildman–Crippen LogP) is 1.87. The lowest BCUT2D eigenvalue weighted by Crippen LogP contribution is -2.27. The van der Waals surface area contributed by atoms with Crippen molar-refractivity contribution in [3.05, 3.63) is 30.1 Å². The number of H-pyrrole nitrogens is 1. The van der Waals surface area contributed by atoms with E-state index in [4.69, 9.17) is 0 Å². The standard InChI is InChI=1S/C14H24N6/c1-4-19(5-2)6-7-20-11-14(10-17-20)16-9-13-8-15-12(3)18-13/h8,10-11,16H,4-7,9H2,1-3H3,(H,15,18). The smallest absolute Gasteiger partial charge is 0.103 e. The molecule has 0 amide bonds. The van der Waals surface area contributed by atoms with Crippen LogP contribution in [0, 0.1) is 6.92 Å². The van der Waals surface area contributed by atoms with Gasteiger partial charge in [-0.2, -0.15) is 5.10 Å². The molecule has 2 heterocycles. The maximum atomic E-state index is 4.38. The molecular weight excluding hydrogens is 252 g/mol. The normalized spacial score (nSPS) is 11.2. The van der Waals surface area contributed by atoms with Gasteiger partial charge in [0, 0.05) is 12.7 Å². The Morgan fingerprint density at radius 1 is 1.30 bits per heavy atom. The van der Waals surface area contributed by atoms with Gasteiger partial charge in [0.25, 0.3) is 0 Å². The molecule has 2 rings (SSSR count). The first kappa shape index (κ1) is 14.6. The van der Waals surface area contributed by atoms with Crippen LogP contribution in [-0.2, 0) is 13.1 Å². The van der Waals surface area contributed by atoms with Gasteiger partial charge >= 0.3 is 0 Å². The molecule has 0 fully saturated rings. The van der Waals surface area contributed by atoms with Gasteiger partial charge in [0.05, 0.1) is 36.9 Å². The van der Waals surface area contributed by atoms with Crippen molar-refractivity contribution < 1.29 is 0 Å². The summed E-state index contributed by atoms with van der Waals surface area (Å²) in [6.45, 7) is 11.2. The van der Waals surface area contributed by atoms with E-state index in [9.17, 15) is 0 Å². The molecule has 2 aromatic rings. The van der Waals surface area contributed by atoms with Crippen molar-refractivity contribution in [2.24, 2.45) is 0 Å². The number of rotatable bonds is 8. The molecule has 0 aliphatic carbocycles. The minimum Gasteiger partial charge on any atom is -0.377 e. The number of imidazole rings is 1. The van der Waals surface area contributed by atoms with Crippen LogP contribution in [0.15, 0.2) is 18.6 Å². The number of nitrogens with one attached hydrogen (secondary N) is 2. The zero-order valence-electron chi connectivity index (χ0n) is 12.6. The molecule has 0 saturated heterocycles. The quantitative estimate of drug-likeness (QED) is 0.772. The van der Waals surface area contributed by atoms with Gasteiger partial charge in [-0.15, -0.1) is 0 Å². The Hall–Kier alpha value is -1.82. The highest BCUT2D eigenvalue weighted by Crippen LogP contribution is 2.07. The van der Waals surface area contributed by atoms with E-state index in [1.807, 2.05) is 30.2 Å². The van der Waals surface area contributed by atoms with Gasteiger partial charge in [0.1, 0.15) is 5.82 Å². The maximum absolute atomic E-state index is 4.38. The number of aryl methyl sites for hydroxylation is 1. The highest BCUT2D eigenvalue weighted by atomic mass is 15.3. The number of aromatic nitrogens is 4. The molecule has 0 aromatic carbocycles. The predicted molar refractivity (Wildman–Crippen MR) is 80.7 cm³/mol. The lowest BCUT2D eigenvalue weighted by atomic mass is 10.4. The van der Waals surface area contributed by atoms with E-state index >= 15 is 0 Å². The number of nitrogens with zero attached hydrogens (tertiary/aromatic N) is 4. The third kappa shape index (κ3) is 4.09. The van der Waals surface area contributed by atoms with Crippen molar-refractivity contribution in [1.29, 1.82) is 0 Å². The largest absolute Gasteiger partial charge is 0.377 e. The van der Waals surface area contributed by atoms with Crippen LogP contribution < -0.4 is 5.32 Å². The van der Waals surface area contributed by atoms with Gasteiger partial charge in [-0.05, 0) is 20.0 Å². The highest BCUT2D eigenvalue weighted by Gasteiger charge is 2.02. The molecule has 20 heavy (non-hydrogen) atoms. The van der Waals surface area contributed by atoms with E-state index in [2.05, 4.69) is 39.1 Å². The molecule has 0 aliphatic rings. The summed E-state index contributed by atoms with van der Waals surface area (Å²) in [5.74, 6) is 0.941. The first-order valence-corrected chi connectivity index (χ1v) is 7.20. The fourth-order valence-corrected chi connectivity index (χ4v) is 2.12. The van der Waals surface area contributed by atoms with Crippen molar-refractivity contribution in [3.63, 3.8) is 0 Å². The van der Waals surface area contributed by atoms with E-state index in [-0.39, 0.29) is 0 Å². The lowest BCUT2D eigenvalue weighted by molar-refractivity contribution is 0.285. The maximum Gasteiger partial charge on any atom is 0.103 e. The summed E-state index contributed by atoms with van der Waals surface area (Å²) in [4.78, 5) is 9.77. The van der Waals surface area contributed by atoms with Gasteiger partial charge in [-0.25, -0.2) is 4.98 Å². The second-order valence-corrected chi connectivity index (χ2v) is 4.87. The van der Waals surface area contributed by atoms with Crippen molar-refractivity contribution >= 4 is 5.69 Å².